The number of benzene rings is 1. The van der Waals surface area contributed by atoms with Gasteiger partial charge in [-0.1, -0.05) is 6.92 Å². The Labute approximate surface area is 154 Å². The van der Waals surface area contributed by atoms with Crippen LogP contribution in [0.2, 0.25) is 0 Å². The number of carbonyl (C=O) groups excluding carboxylic acids is 1. The van der Waals surface area contributed by atoms with E-state index in [2.05, 4.69) is 40.5 Å². The molecular weight excluding hydrogens is 349 g/mol. The van der Waals surface area contributed by atoms with Crippen LogP contribution in [0.1, 0.15) is 20.3 Å². The fraction of sp³-hybridized carbons (Fsp3) is 0.471. The normalized spacial score (nSPS) is 20.1. The van der Waals surface area contributed by atoms with Gasteiger partial charge in [0.05, 0.1) is 12.7 Å². The number of morpholine rings is 1. The lowest BCUT2D eigenvalue weighted by Gasteiger charge is -2.29. The van der Waals surface area contributed by atoms with Crippen LogP contribution in [0.25, 0.3) is 10.9 Å². The second-order valence-electron chi connectivity index (χ2n) is 5.78. The van der Waals surface area contributed by atoms with Crippen LogP contribution in [0.4, 0.5) is 5.69 Å². The van der Waals surface area contributed by atoms with E-state index in [9.17, 15) is 4.79 Å². The predicted molar refractivity (Wildman–Crippen MR) is 103 cm³/mol. The number of anilines is 1. The first-order valence-corrected chi connectivity index (χ1v) is 7.94. The van der Waals surface area contributed by atoms with Gasteiger partial charge >= 0.3 is 0 Å². The van der Waals surface area contributed by atoms with Crippen LogP contribution in [0.3, 0.4) is 0 Å². The Hall–Kier alpha value is -1.27. The Bertz CT molecular complexity index is 675. The van der Waals surface area contributed by atoms with E-state index in [0.29, 0.717) is 13.2 Å². The molecular formula is C17H25Cl2N3O2. The molecule has 1 aromatic heterocycles. The molecule has 3 rings (SSSR count). The molecule has 1 amide bonds. The zero-order chi connectivity index (χ0) is 15.5. The molecule has 0 saturated carbocycles. The van der Waals surface area contributed by atoms with Crippen molar-refractivity contribution >= 4 is 47.3 Å². The number of aryl methyl sites for hydroxylation is 1. The van der Waals surface area contributed by atoms with E-state index in [0.717, 1.165) is 24.0 Å². The monoisotopic (exact) mass is 373 g/mol. The predicted octanol–water partition coefficient (Wildman–Crippen LogP) is 3.21. The number of hydrogen-bond acceptors (Lipinski definition) is 3. The summed E-state index contributed by atoms with van der Waals surface area (Å²) in [5.74, 6) is -0.0421. The van der Waals surface area contributed by atoms with Crippen LogP contribution in [0.15, 0.2) is 30.5 Å². The lowest BCUT2D eigenvalue weighted by molar-refractivity contribution is -0.123. The molecule has 0 bridgehead atoms. The number of nitrogens with zero attached hydrogens (tertiary/aromatic N) is 1. The molecule has 1 fully saturated rings. The zero-order valence-electron chi connectivity index (χ0n) is 14.0. The SMILES string of the molecule is CCCn1ccc2cc(NC(=O)[C@H]3NCCO[C@@H]3C)ccc21.Cl.Cl. The van der Waals surface area contributed by atoms with Crippen molar-refractivity contribution in [2.24, 2.45) is 0 Å². The second-order valence-corrected chi connectivity index (χ2v) is 5.78. The van der Waals surface area contributed by atoms with Crippen LogP contribution in [0.5, 0.6) is 0 Å². The van der Waals surface area contributed by atoms with E-state index in [1.165, 1.54) is 5.52 Å². The Morgan fingerprint density at radius 3 is 2.88 bits per heavy atom. The van der Waals surface area contributed by atoms with Crippen molar-refractivity contribution in [1.82, 2.24) is 9.88 Å². The maximum atomic E-state index is 12.4. The van der Waals surface area contributed by atoms with E-state index in [4.69, 9.17) is 4.74 Å². The van der Waals surface area contributed by atoms with Gasteiger partial charge in [-0.25, -0.2) is 0 Å². The highest BCUT2D eigenvalue weighted by atomic mass is 35.5. The number of hydrogen-bond donors (Lipinski definition) is 2. The zero-order valence-corrected chi connectivity index (χ0v) is 15.6. The lowest BCUT2D eigenvalue weighted by Crippen LogP contribution is -2.53. The van der Waals surface area contributed by atoms with Gasteiger partial charge < -0.3 is 19.9 Å². The molecule has 1 aliphatic heterocycles. The van der Waals surface area contributed by atoms with Crippen LogP contribution < -0.4 is 10.6 Å². The summed E-state index contributed by atoms with van der Waals surface area (Å²) in [7, 11) is 0. The summed E-state index contributed by atoms with van der Waals surface area (Å²) in [6, 6.07) is 7.84. The molecule has 0 aliphatic carbocycles. The minimum Gasteiger partial charge on any atom is -0.375 e. The molecule has 1 saturated heterocycles. The van der Waals surface area contributed by atoms with Gasteiger partial charge in [-0.05, 0) is 37.6 Å². The van der Waals surface area contributed by atoms with Gasteiger partial charge in [0.15, 0.2) is 0 Å². The Kier molecular flexibility index (Phi) is 8.03. The molecule has 7 heteroatoms. The summed E-state index contributed by atoms with van der Waals surface area (Å²) in [6.45, 7) is 6.46. The first-order valence-electron chi connectivity index (χ1n) is 7.94. The highest BCUT2D eigenvalue weighted by Crippen LogP contribution is 2.21. The van der Waals surface area contributed by atoms with Gasteiger partial charge in [0.25, 0.3) is 0 Å². The van der Waals surface area contributed by atoms with E-state index in [1.807, 2.05) is 19.1 Å². The van der Waals surface area contributed by atoms with Crippen molar-refractivity contribution < 1.29 is 9.53 Å². The van der Waals surface area contributed by atoms with Gasteiger partial charge in [-0.2, -0.15) is 0 Å². The first kappa shape index (κ1) is 20.8. The maximum Gasteiger partial charge on any atom is 0.244 e. The largest absolute Gasteiger partial charge is 0.375 e. The van der Waals surface area contributed by atoms with Crippen LogP contribution in [-0.4, -0.2) is 35.8 Å². The average Bonchev–Trinajstić information content (AvgIpc) is 2.90. The molecule has 0 radical (unpaired) electrons. The molecule has 24 heavy (non-hydrogen) atoms. The van der Waals surface area contributed by atoms with E-state index in [1.54, 1.807) is 0 Å². The van der Waals surface area contributed by atoms with Crippen molar-refractivity contribution in [2.45, 2.75) is 39.0 Å². The molecule has 0 spiro atoms. The number of rotatable bonds is 4. The van der Waals surface area contributed by atoms with Crippen LogP contribution >= 0.6 is 24.8 Å². The van der Waals surface area contributed by atoms with Crippen molar-refractivity contribution in [1.29, 1.82) is 0 Å². The van der Waals surface area contributed by atoms with Crippen molar-refractivity contribution in [3.8, 4) is 0 Å². The highest BCUT2D eigenvalue weighted by Gasteiger charge is 2.28. The fourth-order valence-corrected chi connectivity index (χ4v) is 2.96. The molecule has 5 nitrogen and oxygen atoms in total. The molecule has 0 unspecified atom stereocenters. The number of nitrogens with one attached hydrogen (secondary N) is 2. The third-order valence-electron chi connectivity index (χ3n) is 4.10. The summed E-state index contributed by atoms with van der Waals surface area (Å²) >= 11 is 0. The van der Waals surface area contributed by atoms with Crippen molar-refractivity contribution in [3.63, 3.8) is 0 Å². The van der Waals surface area contributed by atoms with Crippen molar-refractivity contribution in [3.05, 3.63) is 30.5 Å². The van der Waals surface area contributed by atoms with E-state index >= 15 is 0 Å². The topological polar surface area (TPSA) is 55.3 Å². The van der Waals surface area contributed by atoms with Gasteiger partial charge in [-0.15, -0.1) is 24.8 Å². The number of ether oxygens (including phenoxy) is 1. The average molecular weight is 374 g/mol. The molecule has 2 heterocycles. The maximum absolute atomic E-state index is 12.4. The standard InChI is InChI=1S/C17H23N3O2.2ClH/c1-3-8-20-9-6-13-11-14(4-5-15(13)20)19-17(21)16-12(2)22-10-7-18-16;;/h4-6,9,11-12,16,18H,3,7-8,10H2,1-2H3,(H,19,21);2*1H/t12-,16+;;/m1../s1. The molecule has 1 aromatic carbocycles. The van der Waals surface area contributed by atoms with E-state index in [-0.39, 0.29) is 42.9 Å². The van der Waals surface area contributed by atoms with Gasteiger partial charge in [-0.3, -0.25) is 4.79 Å². The summed E-state index contributed by atoms with van der Waals surface area (Å²) in [6.07, 6.45) is 3.09. The summed E-state index contributed by atoms with van der Waals surface area (Å²) < 4.78 is 7.76. The molecule has 2 N–H and O–H groups in total. The smallest absolute Gasteiger partial charge is 0.244 e. The van der Waals surface area contributed by atoms with Crippen molar-refractivity contribution in [2.75, 3.05) is 18.5 Å². The van der Waals surface area contributed by atoms with Gasteiger partial charge in [0.1, 0.15) is 6.04 Å². The molecule has 134 valence electrons. The minimum absolute atomic E-state index is 0. The second kappa shape index (κ2) is 9.28. The van der Waals surface area contributed by atoms with Gasteiger partial charge in [0.2, 0.25) is 5.91 Å². The van der Waals surface area contributed by atoms with Crippen LogP contribution in [-0.2, 0) is 16.1 Å². The minimum atomic E-state index is -0.297. The quantitative estimate of drug-likeness (QED) is 0.864. The summed E-state index contributed by atoms with van der Waals surface area (Å²) in [5.41, 5.74) is 2.03. The number of carbonyl (C=O) groups is 1. The molecule has 2 atom stereocenters. The Morgan fingerprint density at radius 1 is 1.38 bits per heavy atom. The molecule has 2 aromatic rings. The Balaban J connectivity index is 0.00000144. The number of aromatic nitrogens is 1. The number of fused-ring (bicyclic) bond motifs is 1. The van der Waals surface area contributed by atoms with Crippen LogP contribution in [0, 0.1) is 0 Å². The Morgan fingerprint density at radius 2 is 2.17 bits per heavy atom. The fourth-order valence-electron chi connectivity index (χ4n) is 2.96. The third-order valence-corrected chi connectivity index (χ3v) is 4.10. The lowest BCUT2D eigenvalue weighted by atomic mass is 10.1. The van der Waals surface area contributed by atoms with E-state index < -0.39 is 0 Å². The summed E-state index contributed by atoms with van der Waals surface area (Å²) in [4.78, 5) is 12.4. The summed E-state index contributed by atoms with van der Waals surface area (Å²) in [5, 5.41) is 7.34. The third kappa shape index (κ3) is 4.42. The number of amides is 1. The molecule has 1 aliphatic rings. The number of halogens is 2. The van der Waals surface area contributed by atoms with Gasteiger partial charge in [0, 0.05) is 35.9 Å². The first-order chi connectivity index (χ1) is 10.7. The highest BCUT2D eigenvalue weighted by molar-refractivity contribution is 5.97.